The van der Waals surface area contributed by atoms with Crippen molar-refractivity contribution in [2.24, 2.45) is 0 Å². The number of carbonyl (C=O) groups is 1. The highest BCUT2D eigenvalue weighted by molar-refractivity contribution is 5.96. The molecular weight excluding hydrogens is 226 g/mol. The van der Waals surface area contributed by atoms with E-state index in [1.807, 2.05) is 24.3 Å². The fraction of sp³-hybridized carbons (Fsp3) is 0.333. The van der Waals surface area contributed by atoms with Crippen LogP contribution in [0.4, 0.5) is 0 Å². The molecule has 0 saturated heterocycles. The fourth-order valence-corrected chi connectivity index (χ4v) is 1.67. The van der Waals surface area contributed by atoms with Crippen LogP contribution in [0.2, 0.25) is 0 Å². The van der Waals surface area contributed by atoms with Crippen molar-refractivity contribution in [1.29, 1.82) is 5.26 Å². The SMILES string of the molecule is CCCCCc1ccc(C=C(C#N)C(=O)O)cc1. The minimum atomic E-state index is -1.19. The quantitative estimate of drug-likeness (QED) is 0.473. The second-order valence-electron chi connectivity index (χ2n) is 4.17. The van der Waals surface area contributed by atoms with Gasteiger partial charge in [0.2, 0.25) is 0 Å². The normalized spacial score (nSPS) is 11.0. The average Bonchev–Trinajstić information content (AvgIpc) is 2.37. The van der Waals surface area contributed by atoms with Gasteiger partial charge in [-0.1, -0.05) is 44.0 Å². The molecule has 0 heterocycles. The molecule has 0 aliphatic carbocycles. The number of hydrogen-bond donors (Lipinski definition) is 1. The molecule has 1 N–H and O–H groups in total. The van der Waals surface area contributed by atoms with E-state index in [0.29, 0.717) is 0 Å². The van der Waals surface area contributed by atoms with Gasteiger partial charge in [-0.15, -0.1) is 0 Å². The van der Waals surface area contributed by atoms with Gasteiger partial charge in [-0.25, -0.2) is 4.79 Å². The number of hydrogen-bond acceptors (Lipinski definition) is 2. The van der Waals surface area contributed by atoms with Crippen LogP contribution in [0, 0.1) is 11.3 Å². The molecule has 0 radical (unpaired) electrons. The Morgan fingerprint density at radius 1 is 1.33 bits per heavy atom. The maximum absolute atomic E-state index is 10.7. The van der Waals surface area contributed by atoms with Crippen LogP contribution in [0.15, 0.2) is 29.8 Å². The van der Waals surface area contributed by atoms with Gasteiger partial charge in [-0.05, 0) is 30.0 Å². The second kappa shape index (κ2) is 7.29. The second-order valence-corrected chi connectivity index (χ2v) is 4.17. The Labute approximate surface area is 107 Å². The zero-order valence-corrected chi connectivity index (χ0v) is 10.5. The van der Waals surface area contributed by atoms with Crippen LogP contribution in [0.3, 0.4) is 0 Å². The first-order chi connectivity index (χ1) is 8.67. The molecule has 0 aliphatic heterocycles. The van der Waals surface area contributed by atoms with Gasteiger partial charge >= 0.3 is 5.97 Å². The lowest BCUT2D eigenvalue weighted by molar-refractivity contribution is -0.132. The summed E-state index contributed by atoms with van der Waals surface area (Å²) in [5.41, 5.74) is 1.75. The number of aliphatic carboxylic acids is 1. The lowest BCUT2D eigenvalue weighted by Crippen LogP contribution is -1.97. The Morgan fingerprint density at radius 3 is 2.50 bits per heavy atom. The summed E-state index contributed by atoms with van der Waals surface area (Å²) < 4.78 is 0. The van der Waals surface area contributed by atoms with Gasteiger partial charge in [0.05, 0.1) is 0 Å². The molecule has 0 aliphatic rings. The Balaban J connectivity index is 2.71. The van der Waals surface area contributed by atoms with Crippen molar-refractivity contribution in [1.82, 2.24) is 0 Å². The highest BCUT2D eigenvalue weighted by Crippen LogP contribution is 2.11. The standard InChI is InChI=1S/C15H17NO2/c1-2-3-4-5-12-6-8-13(9-7-12)10-14(11-16)15(17)18/h6-10H,2-5H2,1H3,(H,17,18). The van der Waals surface area contributed by atoms with Crippen LogP contribution in [0.5, 0.6) is 0 Å². The number of carboxylic acid groups (broad SMARTS) is 1. The highest BCUT2D eigenvalue weighted by atomic mass is 16.4. The van der Waals surface area contributed by atoms with Crippen molar-refractivity contribution >= 4 is 12.0 Å². The molecule has 0 aromatic heterocycles. The summed E-state index contributed by atoms with van der Waals surface area (Å²) in [4.78, 5) is 10.7. The van der Waals surface area contributed by atoms with Crippen LogP contribution >= 0.6 is 0 Å². The maximum Gasteiger partial charge on any atom is 0.346 e. The number of aryl methyl sites for hydroxylation is 1. The molecule has 0 amide bonds. The third-order valence-electron chi connectivity index (χ3n) is 2.71. The van der Waals surface area contributed by atoms with Crippen LogP contribution < -0.4 is 0 Å². The summed E-state index contributed by atoms with van der Waals surface area (Å²) in [6.07, 6.45) is 6.02. The molecule has 0 bridgehead atoms. The minimum absolute atomic E-state index is 0.242. The Kier molecular flexibility index (Phi) is 5.66. The largest absolute Gasteiger partial charge is 0.477 e. The molecule has 0 atom stereocenters. The predicted octanol–water partition coefficient (Wildman–Crippen LogP) is 3.41. The van der Waals surface area contributed by atoms with Crippen molar-refractivity contribution in [2.45, 2.75) is 32.6 Å². The molecule has 3 nitrogen and oxygen atoms in total. The molecule has 0 saturated carbocycles. The summed E-state index contributed by atoms with van der Waals surface area (Å²) in [5.74, 6) is -1.19. The monoisotopic (exact) mass is 243 g/mol. The number of benzene rings is 1. The maximum atomic E-state index is 10.7. The number of rotatable bonds is 6. The summed E-state index contributed by atoms with van der Waals surface area (Å²) >= 11 is 0. The van der Waals surface area contributed by atoms with Gasteiger partial charge in [-0.2, -0.15) is 5.26 Å². The molecule has 0 unspecified atom stereocenters. The molecule has 3 heteroatoms. The van der Waals surface area contributed by atoms with Gasteiger partial charge in [0.25, 0.3) is 0 Å². The van der Waals surface area contributed by atoms with Gasteiger partial charge < -0.3 is 5.11 Å². The van der Waals surface area contributed by atoms with E-state index < -0.39 is 5.97 Å². The third kappa shape index (κ3) is 4.42. The van der Waals surface area contributed by atoms with Crippen molar-refractivity contribution in [3.63, 3.8) is 0 Å². The molecule has 18 heavy (non-hydrogen) atoms. The number of unbranched alkanes of at least 4 members (excludes halogenated alkanes) is 2. The van der Waals surface area contributed by atoms with Crippen LogP contribution in [-0.2, 0) is 11.2 Å². The first-order valence-corrected chi connectivity index (χ1v) is 6.11. The first-order valence-electron chi connectivity index (χ1n) is 6.11. The van der Waals surface area contributed by atoms with Crippen LogP contribution in [0.1, 0.15) is 37.3 Å². The predicted molar refractivity (Wildman–Crippen MR) is 70.9 cm³/mol. The van der Waals surface area contributed by atoms with Gasteiger partial charge in [0.1, 0.15) is 11.6 Å². The van der Waals surface area contributed by atoms with Crippen molar-refractivity contribution in [3.8, 4) is 6.07 Å². The van der Waals surface area contributed by atoms with Gasteiger partial charge in [0.15, 0.2) is 0 Å². The van der Waals surface area contributed by atoms with Crippen LogP contribution in [-0.4, -0.2) is 11.1 Å². The lowest BCUT2D eigenvalue weighted by atomic mass is 10.0. The lowest BCUT2D eigenvalue weighted by Gasteiger charge is -2.01. The highest BCUT2D eigenvalue weighted by Gasteiger charge is 2.05. The number of carboxylic acids is 1. The number of nitriles is 1. The molecule has 1 aromatic rings. The smallest absolute Gasteiger partial charge is 0.346 e. The van der Waals surface area contributed by atoms with E-state index >= 15 is 0 Å². The third-order valence-corrected chi connectivity index (χ3v) is 2.71. The first kappa shape index (κ1) is 14.0. The molecule has 0 fully saturated rings. The van der Waals surface area contributed by atoms with Crippen molar-refractivity contribution in [3.05, 3.63) is 41.0 Å². The topological polar surface area (TPSA) is 61.1 Å². The fourth-order valence-electron chi connectivity index (χ4n) is 1.67. The molecular formula is C15H17NO2. The van der Waals surface area contributed by atoms with E-state index in [1.54, 1.807) is 6.07 Å². The molecule has 1 aromatic carbocycles. The van der Waals surface area contributed by atoms with E-state index in [1.165, 1.54) is 30.9 Å². The average molecular weight is 243 g/mol. The zero-order valence-electron chi connectivity index (χ0n) is 10.5. The summed E-state index contributed by atoms with van der Waals surface area (Å²) in [7, 11) is 0. The zero-order chi connectivity index (χ0) is 13.4. The number of nitrogens with zero attached hydrogens (tertiary/aromatic N) is 1. The summed E-state index contributed by atoms with van der Waals surface area (Å²) in [6, 6.07) is 9.33. The molecule has 0 spiro atoms. The van der Waals surface area contributed by atoms with E-state index in [9.17, 15) is 4.79 Å². The minimum Gasteiger partial charge on any atom is -0.477 e. The molecule has 94 valence electrons. The Morgan fingerprint density at radius 2 is 2.00 bits per heavy atom. The van der Waals surface area contributed by atoms with E-state index in [4.69, 9.17) is 10.4 Å². The summed E-state index contributed by atoms with van der Waals surface area (Å²) in [6.45, 7) is 2.17. The van der Waals surface area contributed by atoms with E-state index in [0.717, 1.165) is 12.0 Å². The van der Waals surface area contributed by atoms with Gasteiger partial charge in [0, 0.05) is 0 Å². The van der Waals surface area contributed by atoms with Crippen LogP contribution in [0.25, 0.3) is 6.08 Å². The Hall–Kier alpha value is -2.08. The van der Waals surface area contributed by atoms with Crippen molar-refractivity contribution < 1.29 is 9.90 Å². The van der Waals surface area contributed by atoms with E-state index in [-0.39, 0.29) is 5.57 Å². The summed E-state index contributed by atoms with van der Waals surface area (Å²) in [5, 5.41) is 17.4. The van der Waals surface area contributed by atoms with Crippen molar-refractivity contribution in [2.75, 3.05) is 0 Å². The Bertz CT molecular complexity index is 466. The van der Waals surface area contributed by atoms with Gasteiger partial charge in [-0.3, -0.25) is 0 Å². The van der Waals surface area contributed by atoms with E-state index in [2.05, 4.69) is 6.92 Å². The molecule has 1 rings (SSSR count).